The number of urea groups is 1. The summed E-state index contributed by atoms with van der Waals surface area (Å²) in [5, 5.41) is 14.0. The smallest absolute Gasteiger partial charge is 0.314 e. The molecule has 3 aliphatic rings. The maximum Gasteiger partial charge on any atom is 0.314 e. The minimum atomic E-state index is -0.0946. The van der Waals surface area contributed by atoms with Gasteiger partial charge in [-0.2, -0.15) is 4.98 Å². The molecule has 2 atom stereocenters. The third-order valence-corrected chi connectivity index (χ3v) is 8.33. The number of nitrogens with one attached hydrogen (secondary N) is 4. The lowest BCUT2D eigenvalue weighted by Gasteiger charge is -2.19. The Bertz CT molecular complexity index is 1270. The van der Waals surface area contributed by atoms with Crippen LogP contribution in [0.5, 0.6) is 0 Å². The van der Waals surface area contributed by atoms with Crippen molar-refractivity contribution < 1.29 is 4.79 Å². The van der Waals surface area contributed by atoms with Gasteiger partial charge in [0.15, 0.2) is 0 Å². The van der Waals surface area contributed by atoms with Crippen molar-refractivity contribution in [1.29, 1.82) is 0 Å². The first-order chi connectivity index (χ1) is 17.6. The van der Waals surface area contributed by atoms with Crippen LogP contribution in [0, 0.1) is 12.8 Å². The molecule has 0 aromatic carbocycles. The highest BCUT2D eigenvalue weighted by molar-refractivity contribution is 7.21. The lowest BCUT2D eigenvalue weighted by molar-refractivity contribution is 0.237. The molecule has 0 bridgehead atoms. The number of carbonyl (C=O) groups is 1. The molecule has 0 unspecified atom stereocenters. The molecule has 3 aromatic heterocycles. The quantitative estimate of drug-likeness (QED) is 0.329. The van der Waals surface area contributed by atoms with E-state index in [0.717, 1.165) is 69.7 Å². The van der Waals surface area contributed by atoms with Crippen LogP contribution in [0.25, 0.3) is 20.8 Å². The normalized spacial score (nSPS) is 21.5. The molecule has 10 heteroatoms. The van der Waals surface area contributed by atoms with Crippen molar-refractivity contribution in [3.05, 3.63) is 23.7 Å². The van der Waals surface area contributed by atoms with Crippen LogP contribution in [0.4, 0.5) is 16.6 Å². The van der Waals surface area contributed by atoms with Crippen LogP contribution in [0.2, 0.25) is 0 Å². The predicted molar refractivity (Wildman–Crippen MR) is 144 cm³/mol. The molecule has 36 heavy (non-hydrogen) atoms. The number of nitrogens with zero attached hydrogens (tertiary/aromatic N) is 4. The molecule has 4 N–H and O–H groups in total. The van der Waals surface area contributed by atoms with Crippen LogP contribution < -0.4 is 21.3 Å². The van der Waals surface area contributed by atoms with E-state index in [1.165, 1.54) is 25.7 Å². The molecule has 9 nitrogen and oxygen atoms in total. The number of anilines is 2. The van der Waals surface area contributed by atoms with Crippen molar-refractivity contribution in [3.63, 3.8) is 0 Å². The van der Waals surface area contributed by atoms with Crippen LogP contribution >= 0.6 is 11.3 Å². The van der Waals surface area contributed by atoms with Gasteiger partial charge < -0.3 is 21.3 Å². The maximum absolute atomic E-state index is 12.0. The number of amides is 2. The van der Waals surface area contributed by atoms with Crippen molar-refractivity contribution >= 4 is 39.4 Å². The predicted octanol–water partition coefficient (Wildman–Crippen LogP) is 4.81. The largest absolute Gasteiger partial charge is 0.366 e. The molecule has 3 saturated carbocycles. The minimum absolute atomic E-state index is 0.0946. The van der Waals surface area contributed by atoms with E-state index in [0.29, 0.717) is 18.4 Å². The Morgan fingerprint density at radius 3 is 2.69 bits per heavy atom. The van der Waals surface area contributed by atoms with Gasteiger partial charge in [0.25, 0.3) is 0 Å². The molecule has 0 aliphatic heterocycles. The molecule has 0 radical (unpaired) electrons. The number of fused-ring (bicyclic) bond motifs is 1. The molecule has 0 spiro atoms. The number of carbonyl (C=O) groups excluding carboxylic acids is 1. The van der Waals surface area contributed by atoms with E-state index in [2.05, 4.69) is 32.3 Å². The molecule has 2 amide bonds. The van der Waals surface area contributed by atoms with Crippen LogP contribution in [0.15, 0.2) is 12.3 Å². The molecule has 0 saturated heterocycles. The zero-order chi connectivity index (χ0) is 24.6. The number of rotatable bonds is 9. The highest BCUT2D eigenvalue weighted by Gasteiger charge is 2.30. The van der Waals surface area contributed by atoms with Crippen molar-refractivity contribution in [1.82, 2.24) is 30.6 Å². The highest BCUT2D eigenvalue weighted by atomic mass is 32.1. The summed E-state index contributed by atoms with van der Waals surface area (Å²) in [7, 11) is 0. The number of pyridine rings is 1. The van der Waals surface area contributed by atoms with Gasteiger partial charge >= 0.3 is 6.03 Å². The second kappa shape index (κ2) is 9.80. The fraction of sp³-hybridized carbons (Fsp3) is 0.577. The topological polar surface area (TPSA) is 117 Å². The summed E-state index contributed by atoms with van der Waals surface area (Å²) in [6.07, 6.45) is 9.63. The number of aromatic nitrogens is 4. The van der Waals surface area contributed by atoms with Crippen molar-refractivity contribution in [2.75, 3.05) is 23.7 Å². The summed E-state index contributed by atoms with van der Waals surface area (Å²) in [4.78, 5) is 31.5. The molecular weight excluding hydrogens is 472 g/mol. The van der Waals surface area contributed by atoms with E-state index in [1.807, 2.05) is 20.0 Å². The second-order valence-electron chi connectivity index (χ2n) is 10.4. The molecule has 3 heterocycles. The number of aryl methyl sites for hydroxylation is 1. The summed E-state index contributed by atoms with van der Waals surface area (Å²) in [5.74, 6) is 2.77. The molecule has 6 rings (SSSR count). The van der Waals surface area contributed by atoms with E-state index >= 15 is 0 Å². The van der Waals surface area contributed by atoms with Crippen LogP contribution in [0.3, 0.4) is 0 Å². The van der Waals surface area contributed by atoms with E-state index in [4.69, 9.17) is 15.0 Å². The Kier molecular flexibility index (Phi) is 6.37. The standard InChI is InChI=1S/C26H34N8OS/c1-3-27-26(35)32-18-9-8-17(12-18)31-23-20(14(2)30-25(34-23)29-13-15-4-5-15)24-33-22-19(36-24)10-11-28-21(22)16-6-7-16/h10-11,15-18H,3-9,12-13H2,1-2H3,(H2,27,32,35)(H2,29,30,31,34)/t17-,18+/m0/s1. The highest BCUT2D eigenvalue weighted by Crippen LogP contribution is 2.44. The molecular formula is C26H34N8OS. The first-order valence-electron chi connectivity index (χ1n) is 13.3. The average Bonchev–Trinajstić information content (AvgIpc) is 3.77. The third-order valence-electron chi connectivity index (χ3n) is 7.30. The first-order valence-corrected chi connectivity index (χ1v) is 14.1. The summed E-state index contributed by atoms with van der Waals surface area (Å²) in [6, 6.07) is 2.34. The molecule has 3 aliphatic carbocycles. The Hall–Kier alpha value is -3.01. The maximum atomic E-state index is 12.0. The van der Waals surface area contributed by atoms with Gasteiger partial charge in [0.05, 0.1) is 21.7 Å². The zero-order valence-electron chi connectivity index (χ0n) is 20.9. The first kappa shape index (κ1) is 23.4. The van der Waals surface area contributed by atoms with E-state index in [-0.39, 0.29) is 18.1 Å². The van der Waals surface area contributed by atoms with Gasteiger partial charge in [-0.25, -0.2) is 14.8 Å². The van der Waals surface area contributed by atoms with E-state index in [1.54, 1.807) is 11.3 Å². The van der Waals surface area contributed by atoms with Crippen LogP contribution in [-0.2, 0) is 0 Å². The molecule has 3 aromatic rings. The fourth-order valence-corrected chi connectivity index (χ4v) is 6.11. The van der Waals surface area contributed by atoms with Gasteiger partial charge in [0.1, 0.15) is 16.3 Å². The number of thiazole rings is 1. The van der Waals surface area contributed by atoms with Gasteiger partial charge in [0.2, 0.25) is 5.95 Å². The number of hydrogen-bond acceptors (Lipinski definition) is 8. The average molecular weight is 507 g/mol. The third kappa shape index (κ3) is 5.09. The Morgan fingerprint density at radius 2 is 1.92 bits per heavy atom. The Labute approximate surface area is 215 Å². The van der Waals surface area contributed by atoms with Gasteiger partial charge in [0, 0.05) is 37.3 Å². The monoisotopic (exact) mass is 506 g/mol. The van der Waals surface area contributed by atoms with Crippen molar-refractivity contribution in [3.8, 4) is 10.6 Å². The summed E-state index contributed by atoms with van der Waals surface area (Å²) >= 11 is 1.69. The lowest BCUT2D eigenvalue weighted by Crippen LogP contribution is -2.41. The molecule has 190 valence electrons. The summed E-state index contributed by atoms with van der Waals surface area (Å²) < 4.78 is 1.16. The zero-order valence-corrected chi connectivity index (χ0v) is 21.7. The second-order valence-corrected chi connectivity index (χ2v) is 11.4. The van der Waals surface area contributed by atoms with Gasteiger partial charge in [-0.05, 0) is 70.8 Å². The van der Waals surface area contributed by atoms with Gasteiger partial charge in [-0.1, -0.05) is 0 Å². The summed E-state index contributed by atoms with van der Waals surface area (Å²) in [6.45, 7) is 5.52. The van der Waals surface area contributed by atoms with Crippen LogP contribution in [-0.4, -0.2) is 51.1 Å². The number of hydrogen-bond donors (Lipinski definition) is 4. The summed E-state index contributed by atoms with van der Waals surface area (Å²) in [5.41, 5.74) is 4.03. The van der Waals surface area contributed by atoms with Crippen molar-refractivity contribution in [2.24, 2.45) is 5.92 Å². The van der Waals surface area contributed by atoms with Gasteiger partial charge in [-0.15, -0.1) is 11.3 Å². The lowest BCUT2D eigenvalue weighted by atomic mass is 10.2. The van der Waals surface area contributed by atoms with Crippen LogP contribution in [0.1, 0.15) is 69.2 Å². The fourth-order valence-electron chi connectivity index (χ4n) is 5.04. The molecule has 3 fully saturated rings. The Morgan fingerprint density at radius 1 is 1.08 bits per heavy atom. The Balaban J connectivity index is 1.29. The van der Waals surface area contributed by atoms with E-state index in [9.17, 15) is 4.79 Å². The van der Waals surface area contributed by atoms with Crippen molar-refractivity contribution in [2.45, 2.75) is 76.8 Å². The minimum Gasteiger partial charge on any atom is -0.366 e. The van der Waals surface area contributed by atoms with E-state index < -0.39 is 0 Å². The van der Waals surface area contributed by atoms with Gasteiger partial charge in [-0.3, -0.25) is 4.98 Å². The SMILES string of the molecule is CCNC(=O)N[C@@H]1CC[C@H](Nc2nc(NCC3CC3)nc(C)c2-c2nc3c(C4CC4)nccc3s2)C1.